The van der Waals surface area contributed by atoms with Crippen LogP contribution in [-0.2, 0) is 23.1 Å². The highest BCUT2D eigenvalue weighted by Gasteiger charge is 2.43. The van der Waals surface area contributed by atoms with Gasteiger partial charge in [-0.3, -0.25) is 0 Å². The number of hydrogen-bond acceptors (Lipinski definition) is 5. The molecule has 2 rings (SSSR count). The third-order valence-corrected chi connectivity index (χ3v) is 12.3. The van der Waals surface area contributed by atoms with E-state index in [2.05, 4.69) is 60.4 Å². The van der Waals surface area contributed by atoms with Crippen molar-refractivity contribution in [2.75, 3.05) is 19.8 Å². The van der Waals surface area contributed by atoms with Crippen LogP contribution in [0.4, 0.5) is 0 Å². The van der Waals surface area contributed by atoms with Crippen LogP contribution in [0.2, 0.25) is 37.8 Å². The molecule has 1 heterocycles. The lowest BCUT2D eigenvalue weighted by atomic mass is 9.79. The van der Waals surface area contributed by atoms with Crippen LogP contribution in [0.1, 0.15) is 73.1 Å². The molecule has 0 aromatic carbocycles. The fourth-order valence-electron chi connectivity index (χ4n) is 4.33. The Hall–Kier alpha value is -0.346. The zero-order valence-corrected chi connectivity index (χ0v) is 24.6. The fourth-order valence-corrected chi connectivity index (χ4v) is 6.37. The molecule has 0 aromatic heterocycles. The van der Waals surface area contributed by atoms with Crippen molar-refractivity contribution in [2.45, 2.75) is 123 Å². The molecule has 1 aliphatic carbocycles. The summed E-state index contributed by atoms with van der Waals surface area (Å²) in [7, 11) is -3.76. The Labute approximate surface area is 199 Å². The lowest BCUT2D eigenvalue weighted by Crippen LogP contribution is -2.46. The first kappa shape index (κ1) is 27.9. The van der Waals surface area contributed by atoms with Crippen molar-refractivity contribution in [3.63, 3.8) is 0 Å². The predicted molar refractivity (Wildman–Crippen MR) is 137 cm³/mol. The zero-order valence-electron chi connectivity index (χ0n) is 22.6. The molecule has 7 heteroatoms. The number of rotatable bonds is 10. The van der Waals surface area contributed by atoms with E-state index in [0.717, 1.165) is 38.0 Å². The monoisotopic (exact) mass is 486 g/mol. The lowest BCUT2D eigenvalue weighted by Gasteiger charge is -2.43. The van der Waals surface area contributed by atoms with Gasteiger partial charge in [0.2, 0.25) is 8.32 Å². The molecule has 1 saturated carbocycles. The summed E-state index contributed by atoms with van der Waals surface area (Å²) in [6.07, 6.45) is 6.55. The van der Waals surface area contributed by atoms with Crippen LogP contribution in [0.3, 0.4) is 0 Å². The molecule has 0 amide bonds. The summed E-state index contributed by atoms with van der Waals surface area (Å²) in [5, 5.41) is 0.169. The Kier molecular flexibility index (Phi) is 9.53. The van der Waals surface area contributed by atoms with Crippen LogP contribution < -0.4 is 0 Å². The van der Waals surface area contributed by atoms with Crippen LogP contribution in [-0.4, -0.2) is 48.3 Å². The molecule has 1 saturated heterocycles. The van der Waals surface area contributed by atoms with Gasteiger partial charge in [-0.05, 0) is 89.6 Å². The Bertz CT molecular complexity index is 627. The molecule has 0 N–H and O–H groups in total. The summed E-state index contributed by atoms with van der Waals surface area (Å²) in [4.78, 5) is 0. The molecule has 188 valence electrons. The minimum absolute atomic E-state index is 0.0853. The summed E-state index contributed by atoms with van der Waals surface area (Å²) < 4.78 is 31.4. The van der Waals surface area contributed by atoms with Crippen LogP contribution in [0.5, 0.6) is 0 Å². The molecular weight excluding hydrogens is 436 g/mol. The van der Waals surface area contributed by atoms with Gasteiger partial charge in [-0.1, -0.05) is 20.8 Å². The molecular formula is C25H50O5Si2. The highest BCUT2D eigenvalue weighted by molar-refractivity contribution is 6.74. The van der Waals surface area contributed by atoms with Gasteiger partial charge in [0, 0.05) is 12.0 Å². The van der Waals surface area contributed by atoms with Crippen molar-refractivity contribution in [1.82, 2.24) is 0 Å². The first-order chi connectivity index (χ1) is 14.7. The van der Waals surface area contributed by atoms with Crippen molar-refractivity contribution in [1.29, 1.82) is 0 Å². The third-order valence-electron chi connectivity index (χ3n) is 7.04. The number of ether oxygens (including phenoxy) is 3. The summed E-state index contributed by atoms with van der Waals surface area (Å²) in [5.74, 6) is 0.758. The molecule has 32 heavy (non-hydrogen) atoms. The largest absolute Gasteiger partial charge is 0.520 e. The molecule has 2 atom stereocenters. The molecule has 0 aromatic rings. The van der Waals surface area contributed by atoms with E-state index in [1.165, 1.54) is 12.0 Å². The molecule has 2 aliphatic rings. The Morgan fingerprint density at radius 3 is 2.22 bits per heavy atom. The van der Waals surface area contributed by atoms with Crippen molar-refractivity contribution >= 4 is 16.6 Å². The lowest BCUT2D eigenvalue weighted by molar-refractivity contribution is -0.147. The van der Waals surface area contributed by atoms with Gasteiger partial charge in [-0.2, -0.15) is 0 Å². The first-order valence-corrected chi connectivity index (χ1v) is 19.0. The molecule has 0 spiro atoms. The Morgan fingerprint density at radius 2 is 1.69 bits per heavy atom. The maximum Gasteiger partial charge on any atom is 0.267 e. The molecule has 0 bridgehead atoms. The molecule has 1 aliphatic heterocycles. The third kappa shape index (κ3) is 7.86. The topological polar surface area (TPSA) is 46.2 Å². The fraction of sp³-hybridized carbons (Fsp3) is 0.920. The second kappa shape index (κ2) is 10.9. The first-order valence-electron chi connectivity index (χ1n) is 12.7. The van der Waals surface area contributed by atoms with Gasteiger partial charge in [0.25, 0.3) is 5.95 Å². The van der Waals surface area contributed by atoms with Crippen molar-refractivity contribution < 1.29 is 23.1 Å². The van der Waals surface area contributed by atoms with Crippen LogP contribution >= 0.6 is 0 Å². The Morgan fingerprint density at radius 1 is 1.06 bits per heavy atom. The summed E-state index contributed by atoms with van der Waals surface area (Å²) in [6, 6.07) is 0. The van der Waals surface area contributed by atoms with Gasteiger partial charge in [-0.15, -0.1) is 0 Å². The van der Waals surface area contributed by atoms with Gasteiger partial charge >= 0.3 is 0 Å². The predicted octanol–water partition coefficient (Wildman–Crippen LogP) is 7.21. The quantitative estimate of drug-likeness (QED) is 0.241. The minimum Gasteiger partial charge on any atom is -0.520 e. The Balaban J connectivity index is 2.31. The van der Waals surface area contributed by atoms with E-state index in [-0.39, 0.29) is 11.1 Å². The molecule has 2 fully saturated rings. The minimum atomic E-state index is -1.93. The van der Waals surface area contributed by atoms with E-state index in [4.69, 9.17) is 23.1 Å². The number of hydrogen-bond donors (Lipinski definition) is 0. The SMILES string of the molecule is CCO/C(O[Si](C)(C)C)=C1/[C@@H](CCCC2(C)OCCO2)CCC[C@@H]1O[Si](C)(C)C(C)(C)C. The van der Waals surface area contributed by atoms with Crippen LogP contribution in [0.15, 0.2) is 11.5 Å². The van der Waals surface area contributed by atoms with Gasteiger partial charge in [0.1, 0.15) is 0 Å². The maximum absolute atomic E-state index is 7.01. The summed E-state index contributed by atoms with van der Waals surface area (Å²) >= 11 is 0. The van der Waals surface area contributed by atoms with E-state index in [0.29, 0.717) is 25.7 Å². The van der Waals surface area contributed by atoms with Crippen LogP contribution in [0, 0.1) is 5.92 Å². The highest BCUT2D eigenvalue weighted by Crippen LogP contribution is 2.44. The zero-order chi connectivity index (χ0) is 24.2. The second-order valence-electron chi connectivity index (χ2n) is 12.1. The van der Waals surface area contributed by atoms with Crippen molar-refractivity contribution in [3.05, 3.63) is 11.5 Å². The molecule has 5 nitrogen and oxygen atoms in total. The summed E-state index contributed by atoms with van der Waals surface area (Å²) in [5.41, 5.74) is 1.28. The normalized spacial score (nSPS) is 26.2. The summed E-state index contributed by atoms with van der Waals surface area (Å²) in [6.45, 7) is 24.4. The average molecular weight is 487 g/mol. The van der Waals surface area contributed by atoms with E-state index in [1.807, 2.05) is 6.92 Å². The van der Waals surface area contributed by atoms with Crippen molar-refractivity contribution in [2.24, 2.45) is 5.92 Å². The van der Waals surface area contributed by atoms with Crippen LogP contribution in [0.25, 0.3) is 0 Å². The molecule has 0 radical (unpaired) electrons. The van der Waals surface area contributed by atoms with Gasteiger partial charge < -0.3 is 23.1 Å². The van der Waals surface area contributed by atoms with E-state index in [9.17, 15) is 0 Å². The standard InChI is InChI=1S/C25H50O5Si2/c1-11-26-23(30-31(6,7)8)22-20(15-13-17-25(5)27-18-19-28-25)14-12-16-21(22)29-32(9,10)24(2,3)4/h20-21H,11-19H2,1-10H3/b23-22+/t20-,21+/m1/s1. The maximum atomic E-state index is 7.01. The van der Waals surface area contributed by atoms with E-state index >= 15 is 0 Å². The molecule has 0 unspecified atom stereocenters. The smallest absolute Gasteiger partial charge is 0.267 e. The van der Waals surface area contributed by atoms with E-state index < -0.39 is 22.4 Å². The van der Waals surface area contributed by atoms with Gasteiger partial charge in [-0.25, -0.2) is 0 Å². The van der Waals surface area contributed by atoms with E-state index in [1.54, 1.807) is 0 Å². The van der Waals surface area contributed by atoms with Gasteiger partial charge in [0.15, 0.2) is 14.1 Å². The highest BCUT2D eigenvalue weighted by atomic mass is 28.4. The average Bonchev–Trinajstić information content (AvgIpc) is 3.06. The second-order valence-corrected chi connectivity index (χ2v) is 21.3. The van der Waals surface area contributed by atoms with Crippen molar-refractivity contribution in [3.8, 4) is 0 Å². The van der Waals surface area contributed by atoms with Gasteiger partial charge in [0.05, 0.1) is 25.9 Å².